The van der Waals surface area contributed by atoms with Crippen LogP contribution in [0.5, 0.6) is 0 Å². The quantitative estimate of drug-likeness (QED) is 0.744. The van der Waals surface area contributed by atoms with E-state index in [4.69, 9.17) is 17.3 Å². The van der Waals surface area contributed by atoms with E-state index in [0.29, 0.717) is 11.0 Å². The lowest BCUT2D eigenvalue weighted by atomic mass is 10.2. The predicted molar refractivity (Wildman–Crippen MR) is 70.4 cm³/mol. The maximum absolute atomic E-state index is 13.5. The topological polar surface area (TPSA) is 43.8 Å². The maximum atomic E-state index is 13.5. The maximum Gasteiger partial charge on any atom is 0.205 e. The van der Waals surface area contributed by atoms with Gasteiger partial charge in [-0.1, -0.05) is 11.6 Å². The number of anilines is 1. The number of nitrogens with zero attached hydrogens (tertiary/aromatic N) is 2. The Balaban J connectivity index is 2.32. The third kappa shape index (κ3) is 1.89. The van der Waals surface area contributed by atoms with Crippen molar-refractivity contribution in [2.75, 3.05) is 5.73 Å². The van der Waals surface area contributed by atoms with Crippen molar-refractivity contribution < 1.29 is 13.2 Å². The summed E-state index contributed by atoms with van der Waals surface area (Å²) in [6.07, 6.45) is 0. The average molecular weight is 298 g/mol. The molecule has 0 saturated heterocycles. The molecular weight excluding hydrogens is 291 g/mol. The third-order valence-electron chi connectivity index (χ3n) is 2.88. The van der Waals surface area contributed by atoms with Crippen molar-refractivity contribution in [1.82, 2.24) is 9.55 Å². The van der Waals surface area contributed by atoms with Gasteiger partial charge in [-0.2, -0.15) is 0 Å². The Labute approximate surface area is 116 Å². The summed E-state index contributed by atoms with van der Waals surface area (Å²) in [5.41, 5.74) is 6.66. The summed E-state index contributed by atoms with van der Waals surface area (Å²) >= 11 is 5.67. The van der Waals surface area contributed by atoms with Gasteiger partial charge in [0, 0.05) is 12.1 Å². The van der Waals surface area contributed by atoms with E-state index in [1.54, 1.807) is 0 Å². The van der Waals surface area contributed by atoms with Gasteiger partial charge in [0.15, 0.2) is 11.6 Å². The van der Waals surface area contributed by atoms with Crippen LogP contribution in [-0.4, -0.2) is 9.55 Å². The average Bonchev–Trinajstić information content (AvgIpc) is 2.69. The van der Waals surface area contributed by atoms with Crippen LogP contribution in [0, 0.1) is 17.5 Å². The molecule has 0 bridgehead atoms. The number of aromatic nitrogens is 2. The van der Waals surface area contributed by atoms with Crippen LogP contribution in [0.3, 0.4) is 0 Å². The molecule has 3 aromatic rings. The lowest BCUT2D eigenvalue weighted by Gasteiger charge is -2.07. The van der Waals surface area contributed by atoms with Gasteiger partial charge in [-0.05, 0) is 18.2 Å². The van der Waals surface area contributed by atoms with Crippen LogP contribution in [0.25, 0.3) is 16.7 Å². The van der Waals surface area contributed by atoms with Gasteiger partial charge in [-0.25, -0.2) is 18.2 Å². The first kappa shape index (κ1) is 12.8. The first-order valence-corrected chi connectivity index (χ1v) is 5.93. The van der Waals surface area contributed by atoms with Crippen molar-refractivity contribution >= 4 is 28.6 Å². The zero-order valence-corrected chi connectivity index (χ0v) is 10.6. The molecule has 1 aromatic heterocycles. The lowest BCUT2D eigenvalue weighted by Crippen LogP contribution is -2.01. The van der Waals surface area contributed by atoms with E-state index in [1.807, 2.05) is 0 Å². The molecule has 0 radical (unpaired) electrons. The van der Waals surface area contributed by atoms with Crippen molar-refractivity contribution in [3.63, 3.8) is 0 Å². The molecule has 2 aromatic carbocycles. The van der Waals surface area contributed by atoms with Crippen LogP contribution in [-0.2, 0) is 0 Å². The van der Waals surface area contributed by atoms with E-state index in [-0.39, 0.29) is 16.7 Å². The molecule has 7 heteroatoms. The van der Waals surface area contributed by atoms with E-state index < -0.39 is 17.5 Å². The number of hydrogen-bond acceptors (Lipinski definition) is 2. The molecule has 3 nitrogen and oxygen atoms in total. The van der Waals surface area contributed by atoms with E-state index in [1.165, 1.54) is 16.7 Å². The number of nitrogen functional groups attached to an aromatic ring is 1. The van der Waals surface area contributed by atoms with Crippen LogP contribution in [0.4, 0.5) is 19.1 Å². The molecule has 3 rings (SSSR count). The highest BCUT2D eigenvalue weighted by Gasteiger charge is 2.14. The first-order chi connectivity index (χ1) is 9.47. The molecule has 0 aliphatic heterocycles. The Bertz CT molecular complexity index is 829. The Kier molecular flexibility index (Phi) is 2.83. The number of benzene rings is 2. The van der Waals surface area contributed by atoms with E-state index >= 15 is 0 Å². The van der Waals surface area contributed by atoms with E-state index in [0.717, 1.165) is 18.2 Å². The SMILES string of the molecule is Nc1nc2cc(Cl)c(F)cc2n1-c1ccc(F)c(F)c1. The Morgan fingerprint density at radius 1 is 1.00 bits per heavy atom. The molecule has 0 unspecified atom stereocenters. The normalized spacial score (nSPS) is 11.2. The minimum Gasteiger partial charge on any atom is -0.369 e. The van der Waals surface area contributed by atoms with Crippen LogP contribution in [0.1, 0.15) is 0 Å². The van der Waals surface area contributed by atoms with E-state index in [2.05, 4.69) is 4.98 Å². The summed E-state index contributed by atoms with van der Waals surface area (Å²) in [5, 5.41) is -0.0903. The summed E-state index contributed by atoms with van der Waals surface area (Å²) in [6, 6.07) is 5.70. The molecule has 0 saturated carbocycles. The standard InChI is InChI=1S/C13H7ClF3N3/c14-7-4-11-12(5-9(7)16)20(13(18)19-11)6-1-2-8(15)10(17)3-6/h1-5H,(H2,18,19). The molecule has 1 heterocycles. The number of hydrogen-bond donors (Lipinski definition) is 1. The van der Waals surface area contributed by atoms with Crippen molar-refractivity contribution in [2.24, 2.45) is 0 Å². The fraction of sp³-hybridized carbons (Fsp3) is 0. The first-order valence-electron chi connectivity index (χ1n) is 5.56. The number of nitrogens with two attached hydrogens (primary N) is 1. The number of halogens is 4. The highest BCUT2D eigenvalue weighted by atomic mass is 35.5. The summed E-state index contributed by atoms with van der Waals surface area (Å²) in [6.45, 7) is 0. The van der Waals surface area contributed by atoms with Crippen LogP contribution in [0.2, 0.25) is 5.02 Å². The third-order valence-corrected chi connectivity index (χ3v) is 3.17. The van der Waals surface area contributed by atoms with Gasteiger partial charge in [-0.15, -0.1) is 0 Å². The Hall–Kier alpha value is -2.21. The van der Waals surface area contributed by atoms with Gasteiger partial charge >= 0.3 is 0 Å². The van der Waals surface area contributed by atoms with Crippen LogP contribution < -0.4 is 5.73 Å². The highest BCUT2D eigenvalue weighted by molar-refractivity contribution is 6.31. The van der Waals surface area contributed by atoms with E-state index in [9.17, 15) is 13.2 Å². The number of rotatable bonds is 1. The minimum atomic E-state index is -1.03. The Morgan fingerprint density at radius 3 is 2.45 bits per heavy atom. The van der Waals surface area contributed by atoms with Gasteiger partial charge < -0.3 is 5.73 Å². The van der Waals surface area contributed by atoms with Crippen molar-refractivity contribution in [3.05, 3.63) is 52.8 Å². The van der Waals surface area contributed by atoms with Crippen molar-refractivity contribution in [1.29, 1.82) is 0 Å². The number of fused-ring (bicyclic) bond motifs is 1. The molecule has 20 heavy (non-hydrogen) atoms. The largest absolute Gasteiger partial charge is 0.369 e. The fourth-order valence-electron chi connectivity index (χ4n) is 1.99. The molecule has 2 N–H and O–H groups in total. The lowest BCUT2D eigenvalue weighted by molar-refractivity contribution is 0.508. The minimum absolute atomic E-state index is 0.0210. The van der Waals surface area contributed by atoms with Gasteiger partial charge in [0.2, 0.25) is 5.95 Å². The van der Waals surface area contributed by atoms with Crippen molar-refractivity contribution in [2.45, 2.75) is 0 Å². The van der Waals surface area contributed by atoms with Crippen LogP contribution in [0.15, 0.2) is 30.3 Å². The summed E-state index contributed by atoms with van der Waals surface area (Å²) in [5.74, 6) is -2.64. The van der Waals surface area contributed by atoms with Crippen molar-refractivity contribution in [3.8, 4) is 5.69 Å². The van der Waals surface area contributed by atoms with Gasteiger partial charge in [-0.3, -0.25) is 4.57 Å². The van der Waals surface area contributed by atoms with Gasteiger partial charge in [0.25, 0.3) is 0 Å². The zero-order chi connectivity index (χ0) is 14.4. The summed E-state index contributed by atoms with van der Waals surface area (Å²) in [7, 11) is 0. The second-order valence-corrected chi connectivity index (χ2v) is 4.57. The Morgan fingerprint density at radius 2 is 1.75 bits per heavy atom. The fourth-order valence-corrected chi connectivity index (χ4v) is 2.14. The molecule has 0 amide bonds. The molecule has 0 aliphatic carbocycles. The molecule has 102 valence electrons. The zero-order valence-electron chi connectivity index (χ0n) is 9.87. The molecule has 0 fully saturated rings. The molecular formula is C13H7ClF3N3. The molecule has 0 atom stereocenters. The second-order valence-electron chi connectivity index (χ2n) is 4.16. The van der Waals surface area contributed by atoms with Gasteiger partial charge in [0.1, 0.15) is 5.82 Å². The second kappa shape index (κ2) is 4.42. The summed E-state index contributed by atoms with van der Waals surface area (Å²) < 4.78 is 41.1. The molecule has 0 spiro atoms. The predicted octanol–water partition coefficient (Wildman–Crippen LogP) is 3.68. The smallest absolute Gasteiger partial charge is 0.205 e. The summed E-state index contributed by atoms with van der Waals surface area (Å²) in [4.78, 5) is 4.02. The van der Waals surface area contributed by atoms with Gasteiger partial charge in [0.05, 0.1) is 21.7 Å². The van der Waals surface area contributed by atoms with Crippen LogP contribution >= 0.6 is 11.6 Å². The number of imidazole rings is 1. The monoisotopic (exact) mass is 297 g/mol. The molecule has 0 aliphatic rings. The highest BCUT2D eigenvalue weighted by Crippen LogP contribution is 2.28.